The second kappa shape index (κ2) is 8.74. The lowest BCUT2D eigenvalue weighted by Gasteiger charge is -2.39. The number of piperidine rings is 1. The summed E-state index contributed by atoms with van der Waals surface area (Å²) in [4.78, 5) is 12.2. The molecule has 0 aromatic heterocycles. The zero-order chi connectivity index (χ0) is 15.1. The largest absolute Gasteiger partial charge is 0.380 e. The van der Waals surface area contributed by atoms with Gasteiger partial charge in [-0.2, -0.15) is 0 Å². The third-order valence-corrected chi connectivity index (χ3v) is 4.85. The standard InChI is InChI=1S/C17H32N2O2/c1-13(2)9-11-21-12-10-18-17(20)16-8-7-14-5-3-4-6-15(14)19-16/h13-16,19H,3-12H2,1-2H3,(H,18,20). The van der Waals surface area contributed by atoms with E-state index in [2.05, 4.69) is 24.5 Å². The van der Waals surface area contributed by atoms with Gasteiger partial charge in [-0.1, -0.05) is 26.7 Å². The van der Waals surface area contributed by atoms with Crippen LogP contribution >= 0.6 is 0 Å². The van der Waals surface area contributed by atoms with Gasteiger partial charge in [0.2, 0.25) is 5.91 Å². The summed E-state index contributed by atoms with van der Waals surface area (Å²) < 4.78 is 5.53. The molecule has 4 heteroatoms. The fraction of sp³-hybridized carbons (Fsp3) is 0.941. The normalized spacial score (nSPS) is 29.2. The summed E-state index contributed by atoms with van der Waals surface area (Å²) in [6.45, 7) is 6.43. The minimum atomic E-state index is 0.0139. The van der Waals surface area contributed by atoms with Gasteiger partial charge >= 0.3 is 0 Å². The zero-order valence-corrected chi connectivity index (χ0v) is 13.7. The average molecular weight is 296 g/mol. The first-order chi connectivity index (χ1) is 10.2. The van der Waals surface area contributed by atoms with Crippen molar-refractivity contribution in [3.63, 3.8) is 0 Å². The molecular weight excluding hydrogens is 264 g/mol. The molecule has 1 heterocycles. The molecule has 0 aromatic rings. The van der Waals surface area contributed by atoms with E-state index in [1.807, 2.05) is 0 Å². The second-order valence-electron chi connectivity index (χ2n) is 7.03. The number of hydrogen-bond donors (Lipinski definition) is 2. The molecule has 2 rings (SSSR count). The first-order valence-electron chi connectivity index (χ1n) is 8.78. The molecule has 0 aromatic carbocycles. The molecule has 122 valence electrons. The number of ether oxygens (including phenoxy) is 1. The predicted molar refractivity (Wildman–Crippen MR) is 85.2 cm³/mol. The highest BCUT2D eigenvalue weighted by atomic mass is 16.5. The maximum absolute atomic E-state index is 12.2. The fourth-order valence-corrected chi connectivity index (χ4v) is 3.49. The number of amides is 1. The van der Waals surface area contributed by atoms with Crippen LogP contribution in [0.15, 0.2) is 0 Å². The van der Waals surface area contributed by atoms with Crippen LogP contribution in [0.2, 0.25) is 0 Å². The van der Waals surface area contributed by atoms with Gasteiger partial charge in [0.1, 0.15) is 0 Å². The summed E-state index contributed by atoms with van der Waals surface area (Å²) in [6, 6.07) is 0.588. The highest BCUT2D eigenvalue weighted by molar-refractivity contribution is 5.81. The molecule has 3 atom stereocenters. The Morgan fingerprint density at radius 1 is 1.19 bits per heavy atom. The Morgan fingerprint density at radius 3 is 2.81 bits per heavy atom. The molecule has 2 fully saturated rings. The molecule has 4 nitrogen and oxygen atoms in total. The Labute approximate surface area is 129 Å². The molecule has 1 saturated carbocycles. The number of fused-ring (bicyclic) bond motifs is 1. The van der Waals surface area contributed by atoms with Crippen molar-refractivity contribution >= 4 is 5.91 Å². The van der Waals surface area contributed by atoms with E-state index >= 15 is 0 Å². The quantitative estimate of drug-likeness (QED) is 0.710. The van der Waals surface area contributed by atoms with E-state index in [0.717, 1.165) is 25.4 Å². The van der Waals surface area contributed by atoms with Crippen molar-refractivity contribution in [3.8, 4) is 0 Å². The van der Waals surface area contributed by atoms with Crippen molar-refractivity contribution in [2.75, 3.05) is 19.8 Å². The third kappa shape index (κ3) is 5.59. The first kappa shape index (κ1) is 16.8. The summed E-state index contributed by atoms with van der Waals surface area (Å²) in [7, 11) is 0. The van der Waals surface area contributed by atoms with Gasteiger partial charge in [-0.05, 0) is 43.9 Å². The van der Waals surface area contributed by atoms with E-state index in [1.54, 1.807) is 0 Å². The maximum Gasteiger partial charge on any atom is 0.237 e. The van der Waals surface area contributed by atoms with Crippen molar-refractivity contribution in [3.05, 3.63) is 0 Å². The van der Waals surface area contributed by atoms with E-state index in [1.165, 1.54) is 32.1 Å². The van der Waals surface area contributed by atoms with Crippen molar-refractivity contribution in [2.45, 2.75) is 70.9 Å². The number of hydrogen-bond acceptors (Lipinski definition) is 3. The third-order valence-electron chi connectivity index (χ3n) is 4.85. The molecule has 0 bridgehead atoms. The minimum Gasteiger partial charge on any atom is -0.380 e. The molecular formula is C17H32N2O2. The highest BCUT2D eigenvalue weighted by Crippen LogP contribution is 2.32. The smallest absolute Gasteiger partial charge is 0.237 e. The maximum atomic E-state index is 12.2. The van der Waals surface area contributed by atoms with Crippen molar-refractivity contribution in [1.29, 1.82) is 0 Å². The summed E-state index contributed by atoms with van der Waals surface area (Å²) in [5, 5.41) is 6.58. The van der Waals surface area contributed by atoms with E-state index < -0.39 is 0 Å². The SMILES string of the molecule is CC(C)CCOCCNC(=O)C1CCC2CCCCC2N1. The number of rotatable bonds is 7. The molecule has 0 spiro atoms. The van der Waals surface area contributed by atoms with Crippen molar-refractivity contribution in [1.82, 2.24) is 10.6 Å². The van der Waals surface area contributed by atoms with Gasteiger partial charge in [0.25, 0.3) is 0 Å². The van der Waals surface area contributed by atoms with Crippen LogP contribution in [0.5, 0.6) is 0 Å². The molecule has 2 N–H and O–H groups in total. The number of nitrogens with one attached hydrogen (secondary N) is 2. The van der Waals surface area contributed by atoms with Gasteiger partial charge in [0.05, 0.1) is 12.6 Å². The van der Waals surface area contributed by atoms with Gasteiger partial charge in [-0.15, -0.1) is 0 Å². The molecule has 2 aliphatic rings. The average Bonchev–Trinajstić information content (AvgIpc) is 2.49. The number of carbonyl (C=O) groups is 1. The molecule has 1 amide bonds. The summed E-state index contributed by atoms with van der Waals surface area (Å²) in [5.41, 5.74) is 0. The van der Waals surface area contributed by atoms with Gasteiger partial charge in [-0.3, -0.25) is 4.79 Å². The first-order valence-corrected chi connectivity index (χ1v) is 8.78. The van der Waals surface area contributed by atoms with Crippen LogP contribution in [-0.4, -0.2) is 37.7 Å². The molecule has 3 unspecified atom stereocenters. The van der Waals surface area contributed by atoms with Gasteiger partial charge in [-0.25, -0.2) is 0 Å². The molecule has 1 saturated heterocycles. The molecule has 21 heavy (non-hydrogen) atoms. The predicted octanol–water partition coefficient (Wildman–Crippen LogP) is 2.48. The van der Waals surface area contributed by atoms with Crippen LogP contribution in [0.3, 0.4) is 0 Å². The highest BCUT2D eigenvalue weighted by Gasteiger charge is 2.34. The van der Waals surface area contributed by atoms with E-state index in [0.29, 0.717) is 25.1 Å². The Balaban J connectivity index is 1.58. The molecule has 1 aliphatic heterocycles. The summed E-state index contributed by atoms with van der Waals surface area (Å²) in [6.07, 6.45) is 8.55. The lowest BCUT2D eigenvalue weighted by atomic mass is 9.77. The van der Waals surface area contributed by atoms with Crippen LogP contribution in [0.1, 0.15) is 58.8 Å². The minimum absolute atomic E-state index is 0.0139. The van der Waals surface area contributed by atoms with Crippen molar-refractivity contribution < 1.29 is 9.53 Å². The topological polar surface area (TPSA) is 50.4 Å². The zero-order valence-electron chi connectivity index (χ0n) is 13.7. The van der Waals surface area contributed by atoms with Crippen LogP contribution in [0, 0.1) is 11.8 Å². The van der Waals surface area contributed by atoms with E-state index in [9.17, 15) is 4.79 Å². The molecule has 1 aliphatic carbocycles. The Bertz CT molecular complexity index is 320. The fourth-order valence-electron chi connectivity index (χ4n) is 3.49. The van der Waals surface area contributed by atoms with Gasteiger partial charge < -0.3 is 15.4 Å². The van der Waals surface area contributed by atoms with E-state index in [-0.39, 0.29) is 11.9 Å². The summed E-state index contributed by atoms with van der Waals surface area (Å²) >= 11 is 0. The lowest BCUT2D eigenvalue weighted by Crippen LogP contribution is -2.55. The van der Waals surface area contributed by atoms with Crippen LogP contribution in [0.25, 0.3) is 0 Å². The Hall–Kier alpha value is -0.610. The summed E-state index contributed by atoms with van der Waals surface area (Å²) in [5.74, 6) is 1.64. The van der Waals surface area contributed by atoms with Gasteiger partial charge in [0.15, 0.2) is 0 Å². The monoisotopic (exact) mass is 296 g/mol. The van der Waals surface area contributed by atoms with Crippen LogP contribution < -0.4 is 10.6 Å². The van der Waals surface area contributed by atoms with Crippen LogP contribution in [-0.2, 0) is 9.53 Å². The van der Waals surface area contributed by atoms with Crippen LogP contribution in [0.4, 0.5) is 0 Å². The Morgan fingerprint density at radius 2 is 2.00 bits per heavy atom. The second-order valence-corrected chi connectivity index (χ2v) is 7.03. The van der Waals surface area contributed by atoms with Crippen molar-refractivity contribution in [2.24, 2.45) is 11.8 Å². The Kier molecular flexibility index (Phi) is 6.97. The van der Waals surface area contributed by atoms with E-state index in [4.69, 9.17) is 4.74 Å². The molecule has 0 radical (unpaired) electrons. The van der Waals surface area contributed by atoms with Gasteiger partial charge in [0, 0.05) is 19.2 Å². The number of carbonyl (C=O) groups excluding carboxylic acids is 1. The lowest BCUT2D eigenvalue weighted by molar-refractivity contribution is -0.124.